The molecule has 0 bridgehead atoms. The fourth-order valence-corrected chi connectivity index (χ4v) is 6.74. The van der Waals surface area contributed by atoms with Gasteiger partial charge in [-0.3, -0.25) is 19.2 Å². The highest BCUT2D eigenvalue weighted by molar-refractivity contribution is 5.96. The van der Waals surface area contributed by atoms with Crippen LogP contribution in [0.1, 0.15) is 69.2 Å². The Hall–Kier alpha value is -4.57. The normalized spacial score (nSPS) is 14.0. The van der Waals surface area contributed by atoms with Crippen LogP contribution in [0.15, 0.2) is 66.9 Å². The molecule has 2 heterocycles. The molecule has 4 rings (SSSR count). The summed E-state index contributed by atoms with van der Waals surface area (Å²) in [5.41, 5.74) is 3.75. The Bertz CT molecular complexity index is 1570. The lowest BCUT2D eigenvalue weighted by molar-refractivity contribution is -0.151. The Labute approximate surface area is 284 Å². The van der Waals surface area contributed by atoms with Gasteiger partial charge in [0, 0.05) is 45.0 Å². The zero-order chi connectivity index (χ0) is 34.7. The van der Waals surface area contributed by atoms with Gasteiger partial charge in [0.25, 0.3) is 0 Å². The molecule has 0 spiro atoms. The number of likely N-dealkylation sites (tertiary alicyclic amines) is 1. The largest absolute Gasteiger partial charge is 0.343 e. The fourth-order valence-electron chi connectivity index (χ4n) is 6.74. The second-order valence-corrected chi connectivity index (χ2v) is 13.2. The first-order valence-electron chi connectivity index (χ1n) is 16.9. The Balaban J connectivity index is 1.58. The molecule has 0 aliphatic carbocycles. The summed E-state index contributed by atoms with van der Waals surface area (Å²) in [7, 11) is 1.88. The van der Waals surface area contributed by atoms with Crippen molar-refractivity contribution >= 4 is 35.1 Å². The maximum atomic E-state index is 14.7. The number of carbonyl (C=O) groups is 4. The standard InChI is InChI=1S/C38H50N6O4/c1-6-29-14-15-33(21-32(29)22-35(46)42-34-13-9-10-18-40-34)41-36(47)26-44(25-31-12-8-7-11-30(31)24-39-5)37(48)38(23-27(2)3)16-19-43(20-17-38)28(4)45/h7-15,18,21,27,39H,6,16-17,19-20,22-26H2,1-5H3,(H,41,47)(H,40,42,46). The summed E-state index contributed by atoms with van der Waals surface area (Å²) < 4.78 is 0. The van der Waals surface area contributed by atoms with E-state index in [4.69, 9.17) is 0 Å². The molecule has 1 aliphatic rings. The van der Waals surface area contributed by atoms with Gasteiger partial charge in [-0.25, -0.2) is 4.98 Å². The number of aromatic nitrogens is 1. The predicted octanol–water partition coefficient (Wildman–Crippen LogP) is 5.19. The Kier molecular flexibility index (Phi) is 12.9. The van der Waals surface area contributed by atoms with Gasteiger partial charge in [0.1, 0.15) is 12.4 Å². The van der Waals surface area contributed by atoms with E-state index < -0.39 is 5.41 Å². The van der Waals surface area contributed by atoms with Crippen LogP contribution in [0.25, 0.3) is 0 Å². The van der Waals surface area contributed by atoms with E-state index in [1.54, 1.807) is 35.1 Å². The number of pyridine rings is 1. The number of benzene rings is 2. The highest BCUT2D eigenvalue weighted by atomic mass is 16.2. The molecular weight excluding hydrogens is 604 g/mol. The highest BCUT2D eigenvalue weighted by Crippen LogP contribution is 2.40. The molecule has 3 N–H and O–H groups in total. The molecule has 10 nitrogen and oxygen atoms in total. The summed E-state index contributed by atoms with van der Waals surface area (Å²) in [4.78, 5) is 61.1. The van der Waals surface area contributed by atoms with Gasteiger partial charge in [0.2, 0.25) is 23.6 Å². The summed E-state index contributed by atoms with van der Waals surface area (Å²) in [6.45, 7) is 9.64. The molecule has 0 radical (unpaired) electrons. The van der Waals surface area contributed by atoms with E-state index in [9.17, 15) is 19.2 Å². The topological polar surface area (TPSA) is 124 Å². The van der Waals surface area contributed by atoms with Crippen molar-refractivity contribution in [2.24, 2.45) is 11.3 Å². The van der Waals surface area contributed by atoms with Gasteiger partial charge in [-0.2, -0.15) is 0 Å². The van der Waals surface area contributed by atoms with E-state index >= 15 is 0 Å². The molecule has 4 amide bonds. The third-order valence-electron chi connectivity index (χ3n) is 9.04. The zero-order valence-corrected chi connectivity index (χ0v) is 29.0. The first-order chi connectivity index (χ1) is 23.0. The molecule has 0 saturated carbocycles. The minimum absolute atomic E-state index is 0.0143. The second kappa shape index (κ2) is 17.0. The van der Waals surface area contributed by atoms with Crippen LogP contribution in [0.2, 0.25) is 0 Å². The summed E-state index contributed by atoms with van der Waals surface area (Å²) in [6, 6.07) is 18.9. The number of piperidine rings is 1. The third kappa shape index (κ3) is 9.73. The Morgan fingerprint density at radius 1 is 0.896 bits per heavy atom. The van der Waals surface area contributed by atoms with Crippen molar-refractivity contribution in [3.8, 4) is 0 Å². The lowest BCUT2D eigenvalue weighted by atomic mass is 9.71. The molecule has 10 heteroatoms. The molecule has 1 aromatic heterocycles. The van der Waals surface area contributed by atoms with Crippen LogP contribution >= 0.6 is 0 Å². The number of aryl methyl sites for hydroxylation is 1. The minimum Gasteiger partial charge on any atom is -0.343 e. The van der Waals surface area contributed by atoms with Crippen molar-refractivity contribution in [2.45, 2.75) is 72.9 Å². The summed E-state index contributed by atoms with van der Waals surface area (Å²) in [5.74, 6) is 0.185. The van der Waals surface area contributed by atoms with Gasteiger partial charge in [-0.1, -0.05) is 57.2 Å². The van der Waals surface area contributed by atoms with E-state index in [0.717, 1.165) is 28.7 Å². The van der Waals surface area contributed by atoms with Gasteiger partial charge in [-0.15, -0.1) is 0 Å². The first kappa shape index (κ1) is 36.3. The smallest absolute Gasteiger partial charge is 0.244 e. The minimum atomic E-state index is -0.671. The zero-order valence-electron chi connectivity index (χ0n) is 29.0. The number of hydrogen-bond acceptors (Lipinski definition) is 6. The fraction of sp³-hybridized carbons (Fsp3) is 0.447. The quantitative estimate of drug-likeness (QED) is 0.220. The summed E-state index contributed by atoms with van der Waals surface area (Å²) in [5, 5.41) is 9.03. The van der Waals surface area contributed by atoms with Crippen molar-refractivity contribution in [2.75, 3.05) is 37.3 Å². The monoisotopic (exact) mass is 654 g/mol. The molecule has 0 atom stereocenters. The van der Waals surface area contributed by atoms with Crippen molar-refractivity contribution in [1.82, 2.24) is 20.1 Å². The predicted molar refractivity (Wildman–Crippen MR) is 189 cm³/mol. The van der Waals surface area contributed by atoms with Gasteiger partial charge < -0.3 is 25.8 Å². The summed E-state index contributed by atoms with van der Waals surface area (Å²) in [6.07, 6.45) is 4.27. The van der Waals surface area contributed by atoms with Crippen LogP contribution in [0, 0.1) is 11.3 Å². The second-order valence-electron chi connectivity index (χ2n) is 13.2. The maximum absolute atomic E-state index is 14.7. The Morgan fingerprint density at radius 2 is 1.60 bits per heavy atom. The van der Waals surface area contributed by atoms with Crippen molar-refractivity contribution < 1.29 is 19.2 Å². The van der Waals surface area contributed by atoms with Crippen molar-refractivity contribution in [3.63, 3.8) is 0 Å². The van der Waals surface area contributed by atoms with Gasteiger partial charge in [-0.05, 0) is 85.2 Å². The molecule has 48 heavy (non-hydrogen) atoms. The molecule has 256 valence electrons. The van der Waals surface area contributed by atoms with Crippen LogP contribution in [-0.2, 0) is 45.1 Å². The van der Waals surface area contributed by atoms with Crippen LogP contribution < -0.4 is 16.0 Å². The SMILES string of the molecule is CCc1ccc(NC(=O)CN(Cc2ccccc2CNC)C(=O)C2(CC(C)C)CCN(C(C)=O)CC2)cc1CC(=O)Nc1ccccn1. The van der Waals surface area contributed by atoms with Crippen LogP contribution in [0.3, 0.4) is 0 Å². The third-order valence-corrected chi connectivity index (χ3v) is 9.04. The number of hydrogen-bond donors (Lipinski definition) is 3. The van der Waals surface area contributed by atoms with E-state index in [1.165, 1.54) is 0 Å². The van der Waals surface area contributed by atoms with E-state index in [-0.39, 0.29) is 49.1 Å². The van der Waals surface area contributed by atoms with Crippen molar-refractivity contribution in [3.05, 3.63) is 89.1 Å². The number of carbonyl (C=O) groups excluding carboxylic acids is 4. The lowest BCUT2D eigenvalue weighted by Gasteiger charge is -2.44. The highest BCUT2D eigenvalue weighted by Gasteiger charge is 2.44. The molecule has 3 aromatic rings. The number of rotatable bonds is 14. The molecule has 1 saturated heterocycles. The van der Waals surface area contributed by atoms with Crippen molar-refractivity contribution in [1.29, 1.82) is 0 Å². The average molecular weight is 655 g/mol. The number of nitrogens with one attached hydrogen (secondary N) is 3. The van der Waals surface area contributed by atoms with E-state index in [0.29, 0.717) is 50.4 Å². The van der Waals surface area contributed by atoms with Gasteiger partial charge in [0.05, 0.1) is 11.8 Å². The Morgan fingerprint density at radius 3 is 2.23 bits per heavy atom. The maximum Gasteiger partial charge on any atom is 0.244 e. The van der Waals surface area contributed by atoms with E-state index in [1.807, 2.05) is 62.5 Å². The number of amides is 4. The average Bonchev–Trinajstić information content (AvgIpc) is 3.05. The molecule has 1 fully saturated rings. The van der Waals surface area contributed by atoms with Crippen LogP contribution in [-0.4, -0.2) is 65.1 Å². The van der Waals surface area contributed by atoms with Crippen LogP contribution in [0.4, 0.5) is 11.5 Å². The number of nitrogens with zero attached hydrogens (tertiary/aromatic N) is 3. The van der Waals surface area contributed by atoms with Gasteiger partial charge >= 0.3 is 0 Å². The lowest BCUT2D eigenvalue weighted by Crippen LogP contribution is -2.52. The molecule has 2 aromatic carbocycles. The van der Waals surface area contributed by atoms with Crippen LogP contribution in [0.5, 0.6) is 0 Å². The van der Waals surface area contributed by atoms with E-state index in [2.05, 4.69) is 34.8 Å². The molecule has 1 aliphatic heterocycles. The first-order valence-corrected chi connectivity index (χ1v) is 16.9. The molecule has 0 unspecified atom stereocenters. The summed E-state index contributed by atoms with van der Waals surface area (Å²) >= 11 is 0. The molecular formula is C38H50N6O4. The number of anilines is 2. The van der Waals surface area contributed by atoms with Gasteiger partial charge in [0.15, 0.2) is 0 Å².